The van der Waals surface area contributed by atoms with E-state index in [4.69, 9.17) is 35.8 Å². The molecule has 2 rings (SSSR count). The van der Waals surface area contributed by atoms with Gasteiger partial charge in [-0.05, 0) is 23.8 Å². The zero-order valence-electron chi connectivity index (χ0n) is 10.00. The molecule has 2 aromatic carbocycles. The fraction of sp³-hybridized carbons (Fsp3) is 0.143. The molecule has 0 spiro atoms. The fourth-order valence-electron chi connectivity index (χ4n) is 1.58. The van der Waals surface area contributed by atoms with Crippen molar-refractivity contribution in [2.75, 3.05) is 6.61 Å². The van der Waals surface area contributed by atoms with Gasteiger partial charge in [0, 0.05) is 12.5 Å². The lowest BCUT2D eigenvalue weighted by molar-refractivity contribution is 0.320. The average Bonchev–Trinajstić information content (AvgIpc) is 2.38. The van der Waals surface area contributed by atoms with Gasteiger partial charge in [0.2, 0.25) is 0 Å². The molecule has 2 aromatic rings. The number of hydrogen-bond acceptors (Lipinski definition) is 1. The van der Waals surface area contributed by atoms with Crippen molar-refractivity contribution in [2.45, 2.75) is 6.42 Å². The predicted molar refractivity (Wildman–Crippen MR) is 77.4 cm³/mol. The van der Waals surface area contributed by atoms with Gasteiger partial charge in [0.05, 0.1) is 16.7 Å². The SMILES string of the molecule is [B]c1ccc(OCCc2ccc(Cl)c(Cl)c2)cc1F. The van der Waals surface area contributed by atoms with Crippen LogP contribution in [0.5, 0.6) is 5.75 Å². The monoisotopic (exact) mass is 294 g/mol. The van der Waals surface area contributed by atoms with Crippen LogP contribution in [-0.4, -0.2) is 14.5 Å². The third-order valence-electron chi connectivity index (χ3n) is 2.62. The summed E-state index contributed by atoms with van der Waals surface area (Å²) in [6, 6.07) is 9.78. The van der Waals surface area contributed by atoms with Gasteiger partial charge in [0.1, 0.15) is 19.4 Å². The number of rotatable bonds is 4. The number of benzene rings is 2. The van der Waals surface area contributed by atoms with Crippen molar-refractivity contribution in [3.63, 3.8) is 0 Å². The minimum atomic E-state index is -0.480. The van der Waals surface area contributed by atoms with Gasteiger partial charge >= 0.3 is 0 Å². The minimum absolute atomic E-state index is 0.108. The van der Waals surface area contributed by atoms with Gasteiger partial charge in [-0.25, -0.2) is 4.39 Å². The molecular formula is C14H10BCl2FO. The highest BCUT2D eigenvalue weighted by Crippen LogP contribution is 2.22. The molecule has 0 saturated carbocycles. The lowest BCUT2D eigenvalue weighted by atomic mass is 9.96. The van der Waals surface area contributed by atoms with E-state index in [1.807, 2.05) is 6.07 Å². The second-order valence-corrected chi connectivity index (χ2v) is 4.84. The number of halogens is 3. The molecule has 0 aliphatic carbocycles. The van der Waals surface area contributed by atoms with Crippen molar-refractivity contribution in [3.8, 4) is 5.75 Å². The molecule has 0 aliphatic heterocycles. The van der Waals surface area contributed by atoms with Gasteiger partial charge in [-0.3, -0.25) is 0 Å². The predicted octanol–water partition coefficient (Wildman–Crippen LogP) is 3.55. The highest BCUT2D eigenvalue weighted by molar-refractivity contribution is 6.42. The first-order valence-corrected chi connectivity index (χ1v) is 6.43. The zero-order chi connectivity index (χ0) is 13.8. The van der Waals surface area contributed by atoms with Crippen molar-refractivity contribution in [1.82, 2.24) is 0 Å². The molecule has 19 heavy (non-hydrogen) atoms. The van der Waals surface area contributed by atoms with Crippen molar-refractivity contribution in [3.05, 3.63) is 57.8 Å². The standard InChI is InChI=1S/C14H10BCl2FO/c15-11-3-2-10(8-14(11)18)19-6-5-9-1-4-12(16)13(17)7-9/h1-4,7-8H,5-6H2. The van der Waals surface area contributed by atoms with Crippen molar-refractivity contribution < 1.29 is 9.13 Å². The molecule has 0 N–H and O–H groups in total. The average molecular weight is 295 g/mol. The molecule has 0 bridgehead atoms. The van der Waals surface area contributed by atoms with Crippen LogP contribution in [-0.2, 0) is 6.42 Å². The van der Waals surface area contributed by atoms with E-state index in [9.17, 15) is 4.39 Å². The second kappa shape index (κ2) is 6.31. The molecule has 0 atom stereocenters. The molecule has 0 heterocycles. The minimum Gasteiger partial charge on any atom is -0.493 e. The van der Waals surface area contributed by atoms with Crippen LogP contribution < -0.4 is 10.2 Å². The molecule has 1 nitrogen and oxygen atoms in total. The van der Waals surface area contributed by atoms with Crippen LogP contribution in [0.1, 0.15) is 5.56 Å². The maximum absolute atomic E-state index is 13.2. The molecule has 0 saturated heterocycles. The highest BCUT2D eigenvalue weighted by atomic mass is 35.5. The van der Waals surface area contributed by atoms with E-state index in [0.717, 1.165) is 5.56 Å². The first kappa shape index (κ1) is 14.2. The van der Waals surface area contributed by atoms with E-state index in [-0.39, 0.29) is 5.46 Å². The van der Waals surface area contributed by atoms with Crippen LogP contribution in [0.2, 0.25) is 10.0 Å². The third-order valence-corrected chi connectivity index (χ3v) is 3.35. The van der Waals surface area contributed by atoms with Crippen molar-refractivity contribution in [1.29, 1.82) is 0 Å². The maximum Gasteiger partial charge on any atom is 0.122 e. The molecule has 96 valence electrons. The summed E-state index contributed by atoms with van der Waals surface area (Å²) in [5.41, 5.74) is 1.11. The summed E-state index contributed by atoms with van der Waals surface area (Å²) in [6.07, 6.45) is 0.656. The van der Waals surface area contributed by atoms with Gasteiger partial charge in [0.25, 0.3) is 0 Å². The fourth-order valence-corrected chi connectivity index (χ4v) is 1.90. The first-order chi connectivity index (χ1) is 9.06. The van der Waals surface area contributed by atoms with E-state index in [2.05, 4.69) is 0 Å². The topological polar surface area (TPSA) is 9.23 Å². The highest BCUT2D eigenvalue weighted by Gasteiger charge is 2.02. The Morgan fingerprint density at radius 3 is 2.53 bits per heavy atom. The Kier molecular flexibility index (Phi) is 4.73. The molecule has 5 heteroatoms. The first-order valence-electron chi connectivity index (χ1n) is 5.68. The molecule has 2 radical (unpaired) electrons. The van der Waals surface area contributed by atoms with Gasteiger partial charge in [-0.2, -0.15) is 0 Å². The second-order valence-electron chi connectivity index (χ2n) is 4.03. The van der Waals surface area contributed by atoms with Gasteiger partial charge in [-0.15, -0.1) is 0 Å². The van der Waals surface area contributed by atoms with Gasteiger partial charge in [0.15, 0.2) is 0 Å². The summed E-state index contributed by atoms with van der Waals surface area (Å²) in [4.78, 5) is 0. The van der Waals surface area contributed by atoms with Crippen LogP contribution >= 0.6 is 23.2 Å². The molecular weight excluding hydrogens is 285 g/mol. The summed E-state index contributed by atoms with van der Waals surface area (Å²) in [6.45, 7) is 0.418. The van der Waals surface area contributed by atoms with Crippen LogP contribution in [0.15, 0.2) is 36.4 Å². The summed E-state index contributed by atoms with van der Waals surface area (Å²) >= 11 is 11.7. The Morgan fingerprint density at radius 2 is 1.84 bits per heavy atom. The maximum atomic E-state index is 13.2. The van der Waals surface area contributed by atoms with Crippen molar-refractivity contribution in [2.24, 2.45) is 0 Å². The normalized spacial score (nSPS) is 10.5. The van der Waals surface area contributed by atoms with Gasteiger partial charge in [-0.1, -0.05) is 40.8 Å². The van der Waals surface area contributed by atoms with Crippen LogP contribution in [0.3, 0.4) is 0 Å². The Morgan fingerprint density at radius 1 is 1.05 bits per heavy atom. The zero-order valence-corrected chi connectivity index (χ0v) is 11.5. The third kappa shape index (κ3) is 3.89. The molecule has 0 aliphatic rings. The molecule has 0 unspecified atom stereocenters. The molecule has 0 fully saturated rings. The van der Waals surface area contributed by atoms with Crippen LogP contribution in [0.25, 0.3) is 0 Å². The number of hydrogen-bond donors (Lipinski definition) is 0. The Hall–Kier alpha value is -1.19. The summed E-state index contributed by atoms with van der Waals surface area (Å²) in [5, 5.41) is 1.03. The van der Waals surface area contributed by atoms with E-state index in [1.54, 1.807) is 18.2 Å². The largest absolute Gasteiger partial charge is 0.493 e. The summed E-state index contributed by atoms with van der Waals surface area (Å²) in [5.74, 6) is -0.0289. The van der Waals surface area contributed by atoms with E-state index < -0.39 is 5.82 Å². The Bertz CT molecular complexity index is 538. The summed E-state index contributed by atoms with van der Waals surface area (Å²) in [7, 11) is 5.38. The van der Waals surface area contributed by atoms with E-state index in [0.29, 0.717) is 28.8 Å². The summed E-state index contributed by atoms with van der Waals surface area (Å²) < 4.78 is 18.6. The molecule has 0 amide bonds. The van der Waals surface area contributed by atoms with Crippen molar-refractivity contribution >= 4 is 36.5 Å². The Balaban J connectivity index is 1.92. The van der Waals surface area contributed by atoms with E-state index >= 15 is 0 Å². The van der Waals surface area contributed by atoms with Crippen LogP contribution in [0.4, 0.5) is 4.39 Å². The lowest BCUT2D eigenvalue weighted by Crippen LogP contribution is -2.09. The quantitative estimate of drug-likeness (QED) is 0.784. The Labute approximate surface area is 122 Å². The van der Waals surface area contributed by atoms with Gasteiger partial charge < -0.3 is 4.74 Å². The molecule has 0 aromatic heterocycles. The van der Waals surface area contributed by atoms with E-state index in [1.165, 1.54) is 12.1 Å². The van der Waals surface area contributed by atoms with Crippen LogP contribution in [0, 0.1) is 5.82 Å². The number of ether oxygens (including phenoxy) is 1. The lowest BCUT2D eigenvalue weighted by Gasteiger charge is -2.08. The smallest absolute Gasteiger partial charge is 0.122 e.